The fourth-order valence-electron chi connectivity index (χ4n) is 3.34. The van der Waals surface area contributed by atoms with Crippen molar-refractivity contribution in [2.45, 2.75) is 45.2 Å². The predicted molar refractivity (Wildman–Crippen MR) is 94.8 cm³/mol. The highest BCUT2D eigenvalue weighted by Crippen LogP contribution is 2.32. The molecule has 0 saturated carbocycles. The normalized spacial score (nSPS) is 17.8. The first-order chi connectivity index (χ1) is 12.0. The van der Waals surface area contributed by atoms with E-state index in [1.54, 1.807) is 25.2 Å². The van der Waals surface area contributed by atoms with Crippen molar-refractivity contribution in [3.8, 4) is 0 Å². The second-order valence-corrected chi connectivity index (χ2v) is 6.78. The summed E-state index contributed by atoms with van der Waals surface area (Å²) in [4.78, 5) is 32.6. The Morgan fingerprint density at radius 2 is 2.24 bits per heavy atom. The van der Waals surface area contributed by atoms with Gasteiger partial charge in [-0.05, 0) is 38.8 Å². The molecule has 134 valence electrons. The number of rotatable bonds is 6. The zero-order valence-electron chi connectivity index (χ0n) is 15.2. The van der Waals surface area contributed by atoms with Crippen LogP contribution in [-0.2, 0) is 17.8 Å². The first kappa shape index (κ1) is 17.5. The number of amides is 1. The summed E-state index contributed by atoms with van der Waals surface area (Å²) in [5.41, 5.74) is 2.01. The van der Waals surface area contributed by atoms with Crippen LogP contribution in [0.25, 0.3) is 0 Å². The van der Waals surface area contributed by atoms with Crippen LogP contribution in [0.15, 0.2) is 18.5 Å². The van der Waals surface area contributed by atoms with Gasteiger partial charge in [-0.3, -0.25) is 9.69 Å². The van der Waals surface area contributed by atoms with Crippen molar-refractivity contribution in [2.24, 2.45) is 0 Å². The maximum atomic E-state index is 11.8. The summed E-state index contributed by atoms with van der Waals surface area (Å²) in [5.74, 6) is 1.88. The third kappa shape index (κ3) is 4.42. The second kappa shape index (κ2) is 7.74. The lowest BCUT2D eigenvalue weighted by atomic mass is 10.1. The van der Waals surface area contributed by atoms with Crippen molar-refractivity contribution in [3.05, 3.63) is 41.5 Å². The number of aromatic amines is 1. The lowest BCUT2D eigenvalue weighted by molar-refractivity contribution is -0.128. The van der Waals surface area contributed by atoms with E-state index in [4.69, 9.17) is 0 Å². The molecule has 1 saturated heterocycles. The molecule has 3 heterocycles. The zero-order valence-corrected chi connectivity index (χ0v) is 15.2. The number of carbonyl (C=O) groups excluding carboxylic acids is 1. The average Bonchev–Trinajstić information content (AvgIpc) is 3.24. The number of H-pyrrole nitrogens is 1. The lowest BCUT2D eigenvalue weighted by Crippen LogP contribution is -2.25. The van der Waals surface area contributed by atoms with Gasteiger partial charge in [0.05, 0.1) is 18.3 Å². The minimum atomic E-state index is 0.123. The van der Waals surface area contributed by atoms with E-state index in [1.165, 1.54) is 0 Å². The standard InChI is InChI=1S/C18H26N6O/c1-13-21-14(6-7-18(25)23(2)3)11-15(22-13)16-5-4-10-24(16)12-17-19-8-9-20-17/h8-9,11,16H,4-7,10,12H2,1-3H3,(H,19,20). The Hall–Kier alpha value is -2.28. The Morgan fingerprint density at radius 3 is 2.96 bits per heavy atom. The average molecular weight is 342 g/mol. The maximum Gasteiger partial charge on any atom is 0.222 e. The van der Waals surface area contributed by atoms with E-state index in [0.29, 0.717) is 12.8 Å². The smallest absolute Gasteiger partial charge is 0.222 e. The summed E-state index contributed by atoms with van der Waals surface area (Å²) in [6.45, 7) is 3.77. The summed E-state index contributed by atoms with van der Waals surface area (Å²) in [6, 6.07) is 2.36. The molecule has 3 rings (SSSR count). The molecule has 2 aromatic rings. The van der Waals surface area contributed by atoms with Crippen molar-refractivity contribution in [3.63, 3.8) is 0 Å². The van der Waals surface area contributed by atoms with Crippen molar-refractivity contribution in [1.29, 1.82) is 0 Å². The Kier molecular flexibility index (Phi) is 5.43. The number of imidazole rings is 1. The third-order valence-corrected chi connectivity index (χ3v) is 4.62. The number of nitrogens with one attached hydrogen (secondary N) is 1. The van der Waals surface area contributed by atoms with Gasteiger partial charge in [0, 0.05) is 38.6 Å². The Bertz CT molecular complexity index is 712. The predicted octanol–water partition coefficient (Wildman–Crippen LogP) is 1.87. The van der Waals surface area contributed by atoms with Gasteiger partial charge in [-0.15, -0.1) is 0 Å². The molecule has 7 heteroatoms. The lowest BCUT2D eigenvalue weighted by Gasteiger charge is -2.23. The number of hydrogen-bond acceptors (Lipinski definition) is 5. The van der Waals surface area contributed by atoms with Gasteiger partial charge in [0.15, 0.2) is 0 Å². The molecule has 1 aliphatic heterocycles. The molecular weight excluding hydrogens is 316 g/mol. The van der Waals surface area contributed by atoms with Gasteiger partial charge in [-0.2, -0.15) is 0 Å². The number of hydrogen-bond donors (Lipinski definition) is 1. The van der Waals surface area contributed by atoms with E-state index in [1.807, 2.05) is 13.1 Å². The van der Waals surface area contributed by atoms with Crippen molar-refractivity contribution >= 4 is 5.91 Å². The van der Waals surface area contributed by atoms with Crippen LogP contribution < -0.4 is 0 Å². The maximum absolute atomic E-state index is 11.8. The van der Waals surface area contributed by atoms with E-state index in [-0.39, 0.29) is 11.9 Å². The molecule has 0 bridgehead atoms. The Balaban J connectivity index is 1.73. The summed E-state index contributed by atoms with van der Waals surface area (Å²) in [5, 5.41) is 0. The van der Waals surface area contributed by atoms with Crippen LogP contribution in [0.4, 0.5) is 0 Å². The quantitative estimate of drug-likeness (QED) is 0.867. The monoisotopic (exact) mass is 342 g/mol. The van der Waals surface area contributed by atoms with Gasteiger partial charge in [0.2, 0.25) is 5.91 Å². The number of carbonyl (C=O) groups is 1. The summed E-state index contributed by atoms with van der Waals surface area (Å²) in [6.07, 6.45) is 7.02. The third-order valence-electron chi connectivity index (χ3n) is 4.62. The van der Waals surface area contributed by atoms with Crippen LogP contribution >= 0.6 is 0 Å². The highest BCUT2D eigenvalue weighted by Gasteiger charge is 2.28. The summed E-state index contributed by atoms with van der Waals surface area (Å²) >= 11 is 0. The molecule has 0 aliphatic carbocycles. The number of aromatic nitrogens is 4. The molecule has 1 aliphatic rings. The van der Waals surface area contributed by atoms with Gasteiger partial charge >= 0.3 is 0 Å². The highest BCUT2D eigenvalue weighted by molar-refractivity contribution is 5.75. The summed E-state index contributed by atoms with van der Waals surface area (Å²) < 4.78 is 0. The van der Waals surface area contributed by atoms with Crippen LogP contribution in [0.5, 0.6) is 0 Å². The van der Waals surface area contributed by atoms with Crippen LogP contribution in [-0.4, -0.2) is 56.3 Å². The van der Waals surface area contributed by atoms with Crippen molar-refractivity contribution in [2.75, 3.05) is 20.6 Å². The van der Waals surface area contributed by atoms with Gasteiger partial charge in [0.1, 0.15) is 11.6 Å². The van der Waals surface area contributed by atoms with Crippen LogP contribution in [0.3, 0.4) is 0 Å². The molecule has 1 fully saturated rings. The first-order valence-electron chi connectivity index (χ1n) is 8.80. The largest absolute Gasteiger partial charge is 0.349 e. The summed E-state index contributed by atoms with van der Waals surface area (Å²) in [7, 11) is 3.56. The molecule has 1 atom stereocenters. The van der Waals surface area contributed by atoms with E-state index in [9.17, 15) is 4.79 Å². The number of likely N-dealkylation sites (tertiary alicyclic amines) is 1. The van der Waals surface area contributed by atoms with Crippen LogP contribution in [0, 0.1) is 6.92 Å². The van der Waals surface area contributed by atoms with E-state index in [0.717, 1.165) is 49.0 Å². The van der Waals surface area contributed by atoms with Gasteiger partial charge in [0.25, 0.3) is 0 Å². The van der Waals surface area contributed by atoms with Crippen molar-refractivity contribution in [1.82, 2.24) is 29.7 Å². The molecule has 1 N–H and O–H groups in total. The topological polar surface area (TPSA) is 78.0 Å². The second-order valence-electron chi connectivity index (χ2n) is 6.78. The Labute approximate surface area is 148 Å². The number of aryl methyl sites for hydroxylation is 2. The molecular formula is C18H26N6O. The molecule has 0 radical (unpaired) electrons. The molecule has 1 amide bonds. The molecule has 2 aromatic heterocycles. The van der Waals surface area contributed by atoms with E-state index < -0.39 is 0 Å². The Morgan fingerprint density at radius 1 is 1.40 bits per heavy atom. The molecule has 25 heavy (non-hydrogen) atoms. The molecule has 1 unspecified atom stereocenters. The van der Waals surface area contributed by atoms with Crippen LogP contribution in [0.1, 0.15) is 48.3 Å². The molecule has 7 nitrogen and oxygen atoms in total. The minimum Gasteiger partial charge on any atom is -0.349 e. The van der Waals surface area contributed by atoms with E-state index in [2.05, 4.69) is 30.9 Å². The molecule has 0 aromatic carbocycles. The SMILES string of the molecule is Cc1nc(CCC(=O)N(C)C)cc(C2CCCN2Cc2ncc[nH]2)n1. The van der Waals surface area contributed by atoms with Gasteiger partial charge in [-0.25, -0.2) is 15.0 Å². The fraction of sp³-hybridized carbons (Fsp3) is 0.556. The first-order valence-corrected chi connectivity index (χ1v) is 8.80. The van der Waals surface area contributed by atoms with Crippen molar-refractivity contribution < 1.29 is 4.79 Å². The van der Waals surface area contributed by atoms with Gasteiger partial charge < -0.3 is 9.88 Å². The highest BCUT2D eigenvalue weighted by atomic mass is 16.2. The van der Waals surface area contributed by atoms with Crippen LogP contribution in [0.2, 0.25) is 0 Å². The van der Waals surface area contributed by atoms with E-state index >= 15 is 0 Å². The zero-order chi connectivity index (χ0) is 17.8. The van der Waals surface area contributed by atoms with Gasteiger partial charge in [-0.1, -0.05) is 0 Å². The number of nitrogens with zero attached hydrogens (tertiary/aromatic N) is 5. The fourth-order valence-corrected chi connectivity index (χ4v) is 3.34. The molecule has 0 spiro atoms. The minimum absolute atomic E-state index is 0.123.